The summed E-state index contributed by atoms with van der Waals surface area (Å²) in [5, 5.41) is 1.09. The summed E-state index contributed by atoms with van der Waals surface area (Å²) in [6, 6.07) is 0. The zero-order valence-corrected chi connectivity index (χ0v) is 11.9. The van der Waals surface area contributed by atoms with Crippen molar-refractivity contribution in [3.8, 4) is 0 Å². The first kappa shape index (κ1) is 13.4. The van der Waals surface area contributed by atoms with Crippen LogP contribution in [0.2, 0.25) is 0 Å². The Labute approximate surface area is 102 Å². The van der Waals surface area contributed by atoms with Gasteiger partial charge >= 0.3 is 0 Å². The van der Waals surface area contributed by atoms with Crippen LogP contribution in [0.4, 0.5) is 0 Å². The van der Waals surface area contributed by atoms with Crippen LogP contribution in [0.1, 0.15) is 61.9 Å². The molecular weight excluding hydrogens is 218 g/mol. The quantitative estimate of drug-likeness (QED) is 0.750. The number of Topliss-reactive ketones (excluding diaryl/α,β-unsaturated/α-hetero) is 1. The van der Waals surface area contributed by atoms with Gasteiger partial charge in [0, 0.05) is 18.8 Å². The largest absolute Gasteiger partial charge is 0.294 e. The minimum atomic E-state index is -0.0489. The molecule has 0 fully saturated rings. The number of thiazole rings is 1. The average Bonchev–Trinajstić information content (AvgIpc) is 2.45. The number of hydrogen-bond acceptors (Lipinski definition) is 3. The van der Waals surface area contributed by atoms with Gasteiger partial charge in [0.15, 0.2) is 5.78 Å². The first-order valence-corrected chi connectivity index (χ1v) is 6.54. The Morgan fingerprint density at radius 1 is 1.38 bits per heavy atom. The van der Waals surface area contributed by atoms with Crippen LogP contribution in [0.15, 0.2) is 0 Å². The summed E-state index contributed by atoms with van der Waals surface area (Å²) < 4.78 is 0. The van der Waals surface area contributed by atoms with E-state index < -0.39 is 0 Å². The normalized spacial score (nSPS) is 12.2. The maximum absolute atomic E-state index is 11.6. The van der Waals surface area contributed by atoms with Gasteiger partial charge < -0.3 is 0 Å². The molecule has 0 spiro atoms. The minimum Gasteiger partial charge on any atom is -0.294 e. The van der Waals surface area contributed by atoms with E-state index in [4.69, 9.17) is 0 Å². The summed E-state index contributed by atoms with van der Waals surface area (Å²) in [4.78, 5) is 17.1. The maximum Gasteiger partial charge on any atom is 0.171 e. The Morgan fingerprint density at radius 3 is 2.25 bits per heavy atom. The summed E-state index contributed by atoms with van der Waals surface area (Å²) in [6.07, 6.45) is 0.959. The molecule has 0 N–H and O–H groups in total. The van der Waals surface area contributed by atoms with E-state index >= 15 is 0 Å². The Bertz CT molecular complexity index is 385. The second kappa shape index (κ2) is 4.66. The molecule has 3 heteroatoms. The summed E-state index contributed by atoms with van der Waals surface area (Å²) >= 11 is 1.56. The highest BCUT2D eigenvalue weighted by molar-refractivity contribution is 7.13. The molecule has 1 aromatic heterocycles. The van der Waals surface area contributed by atoms with Gasteiger partial charge in [0.1, 0.15) is 0 Å². The standard InChI is InChI=1S/C13H21NOS/c1-8(2)7-10-14-12(13(4,5)6)11(16-10)9(3)15/h8H,7H2,1-6H3. The predicted octanol–water partition coefficient (Wildman–Crippen LogP) is 3.84. The van der Waals surface area contributed by atoms with Crippen molar-refractivity contribution in [1.82, 2.24) is 4.98 Å². The summed E-state index contributed by atoms with van der Waals surface area (Å²) in [5.74, 6) is 0.719. The fraction of sp³-hybridized carbons (Fsp3) is 0.692. The van der Waals surface area contributed by atoms with Gasteiger partial charge in [-0.25, -0.2) is 4.98 Å². The third-order valence-electron chi connectivity index (χ3n) is 2.28. The number of hydrogen-bond donors (Lipinski definition) is 0. The third-order valence-corrected chi connectivity index (χ3v) is 3.46. The van der Waals surface area contributed by atoms with Crippen LogP contribution in [0.25, 0.3) is 0 Å². The number of carbonyl (C=O) groups excluding carboxylic acids is 1. The molecule has 0 amide bonds. The van der Waals surface area contributed by atoms with Gasteiger partial charge in [0.2, 0.25) is 0 Å². The predicted molar refractivity (Wildman–Crippen MR) is 69.4 cm³/mol. The Kier molecular flexibility index (Phi) is 3.89. The van der Waals surface area contributed by atoms with Crippen molar-refractivity contribution in [1.29, 1.82) is 0 Å². The van der Waals surface area contributed by atoms with Crippen LogP contribution >= 0.6 is 11.3 Å². The lowest BCUT2D eigenvalue weighted by Gasteiger charge is -2.16. The summed E-state index contributed by atoms with van der Waals surface area (Å²) in [5.41, 5.74) is 0.910. The number of rotatable bonds is 3. The smallest absolute Gasteiger partial charge is 0.171 e. The molecule has 0 unspecified atom stereocenters. The Morgan fingerprint density at radius 2 is 1.94 bits per heavy atom. The van der Waals surface area contributed by atoms with E-state index in [0.717, 1.165) is 22.0 Å². The van der Waals surface area contributed by atoms with Crippen LogP contribution in [-0.2, 0) is 11.8 Å². The lowest BCUT2D eigenvalue weighted by molar-refractivity contribution is 0.101. The van der Waals surface area contributed by atoms with E-state index in [-0.39, 0.29) is 11.2 Å². The molecule has 0 saturated carbocycles. The van der Waals surface area contributed by atoms with Crippen molar-refractivity contribution in [3.63, 3.8) is 0 Å². The van der Waals surface area contributed by atoms with E-state index in [1.165, 1.54) is 0 Å². The molecule has 0 saturated heterocycles. The number of ketones is 1. The van der Waals surface area contributed by atoms with Crippen LogP contribution in [0, 0.1) is 5.92 Å². The van der Waals surface area contributed by atoms with Gasteiger partial charge in [-0.05, 0) is 5.92 Å². The van der Waals surface area contributed by atoms with Crippen molar-refractivity contribution in [2.75, 3.05) is 0 Å². The van der Waals surface area contributed by atoms with E-state index in [1.807, 2.05) is 0 Å². The molecule has 2 nitrogen and oxygen atoms in total. The number of aromatic nitrogens is 1. The van der Waals surface area contributed by atoms with E-state index in [0.29, 0.717) is 5.92 Å². The Balaban J connectivity index is 3.16. The SMILES string of the molecule is CC(=O)c1sc(CC(C)C)nc1C(C)(C)C. The monoisotopic (exact) mass is 239 g/mol. The van der Waals surface area contributed by atoms with Crippen molar-refractivity contribution < 1.29 is 4.79 Å². The van der Waals surface area contributed by atoms with E-state index in [2.05, 4.69) is 39.6 Å². The molecule has 1 heterocycles. The van der Waals surface area contributed by atoms with Gasteiger partial charge in [-0.15, -0.1) is 11.3 Å². The first-order valence-electron chi connectivity index (χ1n) is 5.73. The molecule has 0 aliphatic heterocycles. The number of nitrogens with zero attached hydrogens (tertiary/aromatic N) is 1. The van der Waals surface area contributed by atoms with E-state index in [1.54, 1.807) is 18.3 Å². The highest BCUT2D eigenvalue weighted by Crippen LogP contribution is 2.30. The Hall–Kier alpha value is -0.700. The minimum absolute atomic E-state index is 0.0489. The molecule has 1 aromatic rings. The fourth-order valence-electron chi connectivity index (χ4n) is 1.55. The molecule has 1 rings (SSSR count). The molecule has 0 aliphatic rings. The highest BCUT2D eigenvalue weighted by atomic mass is 32.1. The van der Waals surface area contributed by atoms with Crippen LogP contribution in [0.3, 0.4) is 0 Å². The van der Waals surface area contributed by atoms with Crippen LogP contribution < -0.4 is 0 Å². The highest BCUT2D eigenvalue weighted by Gasteiger charge is 2.25. The van der Waals surface area contributed by atoms with Crippen molar-refractivity contribution in [2.45, 2.75) is 53.4 Å². The summed E-state index contributed by atoms with van der Waals surface area (Å²) in [7, 11) is 0. The van der Waals surface area contributed by atoms with Crippen molar-refractivity contribution in [2.24, 2.45) is 5.92 Å². The molecular formula is C13H21NOS. The lowest BCUT2D eigenvalue weighted by atomic mass is 9.90. The maximum atomic E-state index is 11.6. The van der Waals surface area contributed by atoms with Gasteiger partial charge in [-0.1, -0.05) is 34.6 Å². The van der Waals surface area contributed by atoms with Crippen LogP contribution in [-0.4, -0.2) is 10.8 Å². The second-order valence-electron chi connectivity index (χ2n) is 5.69. The van der Waals surface area contributed by atoms with Gasteiger partial charge in [0.25, 0.3) is 0 Å². The van der Waals surface area contributed by atoms with Crippen LogP contribution in [0.5, 0.6) is 0 Å². The number of carbonyl (C=O) groups is 1. The topological polar surface area (TPSA) is 30.0 Å². The van der Waals surface area contributed by atoms with E-state index in [9.17, 15) is 4.79 Å². The molecule has 16 heavy (non-hydrogen) atoms. The third kappa shape index (κ3) is 3.14. The molecule has 90 valence electrons. The molecule has 0 bridgehead atoms. The summed E-state index contributed by atoms with van der Waals surface area (Å²) in [6.45, 7) is 12.3. The van der Waals surface area contributed by atoms with Gasteiger partial charge in [0.05, 0.1) is 15.6 Å². The fourth-order valence-corrected chi connectivity index (χ4v) is 2.93. The average molecular weight is 239 g/mol. The first-order chi connectivity index (χ1) is 7.21. The van der Waals surface area contributed by atoms with Crippen molar-refractivity contribution in [3.05, 3.63) is 15.6 Å². The second-order valence-corrected chi connectivity index (χ2v) is 6.77. The molecule has 0 atom stereocenters. The zero-order chi connectivity index (χ0) is 12.5. The van der Waals surface area contributed by atoms with Gasteiger partial charge in [-0.2, -0.15) is 0 Å². The molecule has 0 aliphatic carbocycles. The van der Waals surface area contributed by atoms with Gasteiger partial charge in [-0.3, -0.25) is 4.79 Å². The molecule has 0 radical (unpaired) electrons. The van der Waals surface area contributed by atoms with Crippen molar-refractivity contribution >= 4 is 17.1 Å². The zero-order valence-electron chi connectivity index (χ0n) is 11.0. The molecule has 0 aromatic carbocycles. The lowest BCUT2D eigenvalue weighted by Crippen LogP contribution is -2.15.